The molecule has 4 rings (SSSR count). The number of rotatable bonds is 6. The number of nitrogens with zero attached hydrogens (tertiary/aromatic N) is 2. The second kappa shape index (κ2) is 8.01. The number of fused-ring (bicyclic) bond motifs is 1. The van der Waals surface area contributed by atoms with Crippen LogP contribution in [0.15, 0.2) is 36.4 Å². The minimum atomic E-state index is 0.680. The number of aromatic nitrogens is 2. The summed E-state index contributed by atoms with van der Waals surface area (Å²) in [6.07, 6.45) is 3.96. The Hall–Kier alpha value is -2.53. The number of hydrogen-bond acceptors (Lipinski definition) is 4. The molecule has 1 fully saturated rings. The van der Waals surface area contributed by atoms with E-state index in [1.165, 1.54) is 37.9 Å². The number of H-pyrrole nitrogens is 1. The molecule has 1 aliphatic rings. The Morgan fingerprint density at radius 2 is 1.93 bits per heavy atom. The quantitative estimate of drug-likeness (QED) is 0.703. The van der Waals surface area contributed by atoms with E-state index in [4.69, 9.17) is 14.5 Å². The molecule has 0 bridgehead atoms. The van der Waals surface area contributed by atoms with E-state index in [9.17, 15) is 0 Å². The van der Waals surface area contributed by atoms with Gasteiger partial charge in [-0.3, -0.25) is 4.90 Å². The van der Waals surface area contributed by atoms with Crippen molar-refractivity contribution in [3.05, 3.63) is 42.0 Å². The van der Waals surface area contributed by atoms with Crippen molar-refractivity contribution in [1.82, 2.24) is 14.9 Å². The second-order valence-corrected chi connectivity index (χ2v) is 7.17. The number of benzene rings is 2. The number of aryl methyl sites for hydroxylation is 1. The number of likely N-dealkylation sites (tertiary alicyclic amines) is 1. The van der Waals surface area contributed by atoms with E-state index in [0.29, 0.717) is 6.61 Å². The van der Waals surface area contributed by atoms with E-state index in [1.54, 1.807) is 7.11 Å². The van der Waals surface area contributed by atoms with Gasteiger partial charge in [0.05, 0.1) is 18.1 Å². The zero-order valence-electron chi connectivity index (χ0n) is 16.1. The lowest BCUT2D eigenvalue weighted by Crippen LogP contribution is -2.33. The molecule has 0 saturated carbocycles. The van der Waals surface area contributed by atoms with Crippen molar-refractivity contribution in [2.45, 2.75) is 26.2 Å². The molecule has 2 aromatic carbocycles. The van der Waals surface area contributed by atoms with Crippen molar-refractivity contribution in [3.8, 4) is 22.9 Å². The van der Waals surface area contributed by atoms with Crippen molar-refractivity contribution in [2.75, 3.05) is 33.4 Å². The molecule has 27 heavy (non-hydrogen) atoms. The summed E-state index contributed by atoms with van der Waals surface area (Å²) in [6, 6.07) is 12.2. The highest BCUT2D eigenvalue weighted by atomic mass is 16.5. The first-order chi connectivity index (χ1) is 13.2. The predicted molar refractivity (Wildman–Crippen MR) is 109 cm³/mol. The Balaban J connectivity index is 1.49. The maximum absolute atomic E-state index is 6.00. The molecule has 0 amide bonds. The summed E-state index contributed by atoms with van der Waals surface area (Å²) < 4.78 is 11.6. The van der Waals surface area contributed by atoms with Crippen LogP contribution in [0, 0.1) is 6.92 Å². The average molecular weight is 365 g/mol. The summed E-state index contributed by atoms with van der Waals surface area (Å²) in [6.45, 7) is 6.09. The Morgan fingerprint density at radius 3 is 2.70 bits per heavy atom. The fraction of sp³-hybridized carbons (Fsp3) is 0.409. The van der Waals surface area contributed by atoms with Gasteiger partial charge in [-0.05, 0) is 62.7 Å². The van der Waals surface area contributed by atoms with E-state index < -0.39 is 0 Å². The third-order valence-electron chi connectivity index (χ3n) is 5.27. The first-order valence-corrected chi connectivity index (χ1v) is 9.73. The van der Waals surface area contributed by atoms with Gasteiger partial charge in [0.25, 0.3) is 0 Å². The second-order valence-electron chi connectivity index (χ2n) is 7.17. The van der Waals surface area contributed by atoms with Crippen LogP contribution in [0.25, 0.3) is 22.4 Å². The van der Waals surface area contributed by atoms with Crippen molar-refractivity contribution in [3.63, 3.8) is 0 Å². The molecular weight excluding hydrogens is 338 g/mol. The van der Waals surface area contributed by atoms with Gasteiger partial charge in [-0.25, -0.2) is 4.98 Å². The van der Waals surface area contributed by atoms with Crippen LogP contribution in [-0.2, 0) is 0 Å². The van der Waals surface area contributed by atoms with Crippen LogP contribution in [0.4, 0.5) is 0 Å². The van der Waals surface area contributed by atoms with E-state index in [0.717, 1.165) is 40.5 Å². The van der Waals surface area contributed by atoms with Crippen LogP contribution < -0.4 is 9.47 Å². The highest BCUT2D eigenvalue weighted by molar-refractivity contribution is 5.82. The van der Waals surface area contributed by atoms with E-state index >= 15 is 0 Å². The zero-order chi connectivity index (χ0) is 18.6. The Bertz CT molecular complexity index is 913. The summed E-state index contributed by atoms with van der Waals surface area (Å²) in [7, 11) is 1.68. The molecule has 5 nitrogen and oxygen atoms in total. The third-order valence-corrected chi connectivity index (χ3v) is 5.27. The molecule has 1 aromatic heterocycles. The molecule has 0 aliphatic carbocycles. The van der Waals surface area contributed by atoms with Gasteiger partial charge in [0.1, 0.15) is 12.4 Å². The number of methoxy groups -OCH3 is 1. The molecule has 0 spiro atoms. The number of hydrogen-bond donors (Lipinski definition) is 1. The molecule has 2 heterocycles. The van der Waals surface area contributed by atoms with Crippen molar-refractivity contribution >= 4 is 11.0 Å². The SMILES string of the molecule is COc1cc(-c2nc3c(C)cccc3[nH]2)ccc1OCCN1CCCCC1. The summed E-state index contributed by atoms with van der Waals surface area (Å²) in [5, 5.41) is 0. The minimum Gasteiger partial charge on any atom is -0.493 e. The molecule has 3 aromatic rings. The first kappa shape index (κ1) is 17.9. The highest BCUT2D eigenvalue weighted by Crippen LogP contribution is 2.32. The van der Waals surface area contributed by atoms with Gasteiger partial charge in [-0.15, -0.1) is 0 Å². The molecular formula is C22H27N3O2. The maximum atomic E-state index is 6.00. The number of ether oxygens (including phenoxy) is 2. The van der Waals surface area contributed by atoms with Gasteiger partial charge in [0.2, 0.25) is 0 Å². The molecule has 142 valence electrons. The average Bonchev–Trinajstić information content (AvgIpc) is 3.15. The summed E-state index contributed by atoms with van der Waals surface area (Å²) in [4.78, 5) is 10.6. The van der Waals surface area contributed by atoms with E-state index in [1.807, 2.05) is 30.3 Å². The fourth-order valence-electron chi connectivity index (χ4n) is 3.71. The van der Waals surface area contributed by atoms with Gasteiger partial charge in [0.15, 0.2) is 11.5 Å². The van der Waals surface area contributed by atoms with Gasteiger partial charge in [-0.1, -0.05) is 18.6 Å². The van der Waals surface area contributed by atoms with Crippen LogP contribution in [-0.4, -0.2) is 48.2 Å². The lowest BCUT2D eigenvalue weighted by Gasteiger charge is -2.26. The number of aromatic amines is 1. The lowest BCUT2D eigenvalue weighted by molar-refractivity contribution is 0.180. The van der Waals surface area contributed by atoms with Crippen LogP contribution in [0.2, 0.25) is 0 Å². The summed E-state index contributed by atoms with van der Waals surface area (Å²) in [5.41, 5.74) is 4.21. The molecule has 5 heteroatoms. The molecule has 0 atom stereocenters. The van der Waals surface area contributed by atoms with Crippen LogP contribution in [0.1, 0.15) is 24.8 Å². The first-order valence-electron chi connectivity index (χ1n) is 9.73. The Morgan fingerprint density at radius 1 is 1.07 bits per heavy atom. The molecule has 0 radical (unpaired) electrons. The van der Waals surface area contributed by atoms with Crippen LogP contribution in [0.5, 0.6) is 11.5 Å². The van der Waals surface area contributed by atoms with Crippen LogP contribution >= 0.6 is 0 Å². The Kier molecular flexibility index (Phi) is 5.30. The number of piperidine rings is 1. The van der Waals surface area contributed by atoms with Crippen molar-refractivity contribution in [1.29, 1.82) is 0 Å². The molecule has 1 N–H and O–H groups in total. The maximum Gasteiger partial charge on any atom is 0.161 e. The standard InChI is InChI=1S/C22H27N3O2/c1-16-7-6-8-18-21(16)24-22(23-18)17-9-10-19(20(15-17)26-2)27-14-13-25-11-4-3-5-12-25/h6-10,15H,3-5,11-14H2,1-2H3,(H,23,24). The third kappa shape index (κ3) is 3.93. The van der Waals surface area contributed by atoms with Crippen LogP contribution in [0.3, 0.4) is 0 Å². The lowest BCUT2D eigenvalue weighted by atomic mass is 10.1. The zero-order valence-corrected chi connectivity index (χ0v) is 16.1. The molecule has 0 unspecified atom stereocenters. The van der Waals surface area contributed by atoms with Gasteiger partial charge >= 0.3 is 0 Å². The summed E-state index contributed by atoms with van der Waals surface area (Å²) in [5.74, 6) is 2.37. The van der Waals surface area contributed by atoms with E-state index in [2.05, 4.69) is 22.9 Å². The van der Waals surface area contributed by atoms with Crippen molar-refractivity contribution < 1.29 is 9.47 Å². The summed E-state index contributed by atoms with van der Waals surface area (Å²) >= 11 is 0. The number of nitrogens with one attached hydrogen (secondary N) is 1. The smallest absolute Gasteiger partial charge is 0.161 e. The molecule has 1 aliphatic heterocycles. The number of imidazole rings is 1. The van der Waals surface area contributed by atoms with Gasteiger partial charge < -0.3 is 14.5 Å². The van der Waals surface area contributed by atoms with Crippen molar-refractivity contribution in [2.24, 2.45) is 0 Å². The van der Waals surface area contributed by atoms with Gasteiger partial charge in [-0.2, -0.15) is 0 Å². The van der Waals surface area contributed by atoms with E-state index in [-0.39, 0.29) is 0 Å². The topological polar surface area (TPSA) is 50.4 Å². The largest absolute Gasteiger partial charge is 0.493 e. The molecule has 1 saturated heterocycles. The predicted octanol–water partition coefficient (Wildman–Crippen LogP) is 4.41. The fourth-order valence-corrected chi connectivity index (χ4v) is 3.71. The minimum absolute atomic E-state index is 0.680. The highest BCUT2D eigenvalue weighted by Gasteiger charge is 2.13. The number of para-hydroxylation sites is 1. The van der Waals surface area contributed by atoms with Gasteiger partial charge in [0, 0.05) is 12.1 Å². The monoisotopic (exact) mass is 365 g/mol. The Labute approximate surface area is 160 Å². The normalized spacial score (nSPS) is 15.2.